The average Bonchev–Trinajstić information content (AvgIpc) is 2.90. The van der Waals surface area contributed by atoms with Crippen molar-refractivity contribution in [3.63, 3.8) is 0 Å². The zero-order chi connectivity index (χ0) is 17.7. The van der Waals surface area contributed by atoms with Gasteiger partial charge in [0.05, 0.1) is 12.2 Å². The lowest BCUT2D eigenvalue weighted by atomic mass is 10.1. The van der Waals surface area contributed by atoms with E-state index in [2.05, 4.69) is 31.6 Å². The zero-order valence-corrected chi connectivity index (χ0v) is 15.1. The van der Waals surface area contributed by atoms with E-state index in [1.165, 1.54) is 6.92 Å². The molecule has 0 aliphatic rings. The van der Waals surface area contributed by atoms with Crippen molar-refractivity contribution in [1.29, 1.82) is 0 Å². The van der Waals surface area contributed by atoms with Crippen LogP contribution >= 0.6 is 15.9 Å². The van der Waals surface area contributed by atoms with Gasteiger partial charge in [0.2, 0.25) is 0 Å². The fourth-order valence-electron chi connectivity index (χ4n) is 2.26. The van der Waals surface area contributed by atoms with Gasteiger partial charge in [-0.15, -0.1) is 5.10 Å². The molecule has 1 aromatic carbocycles. The van der Waals surface area contributed by atoms with E-state index in [9.17, 15) is 9.59 Å². The Morgan fingerprint density at radius 3 is 2.79 bits per heavy atom. The van der Waals surface area contributed by atoms with Crippen LogP contribution in [0.5, 0.6) is 0 Å². The number of nitrogens with zero attached hydrogens (tertiary/aromatic N) is 3. The number of rotatable bonds is 7. The van der Waals surface area contributed by atoms with Crippen LogP contribution in [0.3, 0.4) is 0 Å². The van der Waals surface area contributed by atoms with E-state index in [-0.39, 0.29) is 5.69 Å². The Morgan fingerprint density at radius 2 is 2.17 bits per heavy atom. The largest absolute Gasteiger partial charge is 0.480 e. The van der Waals surface area contributed by atoms with Crippen LogP contribution in [0, 0.1) is 0 Å². The predicted molar refractivity (Wildman–Crippen MR) is 91.8 cm³/mol. The smallest absolute Gasteiger partial charge is 0.325 e. The molecule has 2 rings (SSSR count). The van der Waals surface area contributed by atoms with E-state index in [1.807, 2.05) is 31.2 Å². The summed E-state index contributed by atoms with van der Waals surface area (Å²) in [5.74, 6) is -1.62. The Balaban J connectivity index is 2.26. The van der Waals surface area contributed by atoms with Crippen LogP contribution in [0.1, 0.15) is 42.0 Å². The summed E-state index contributed by atoms with van der Waals surface area (Å²) in [4.78, 5) is 23.2. The normalized spacial score (nSPS) is 12.0. The summed E-state index contributed by atoms with van der Waals surface area (Å²) in [7, 11) is 0. The summed E-state index contributed by atoms with van der Waals surface area (Å²) in [5.41, 5.74) is 1.91. The van der Waals surface area contributed by atoms with Crippen molar-refractivity contribution in [3.05, 3.63) is 45.7 Å². The lowest BCUT2D eigenvalue weighted by Crippen LogP contribution is -2.39. The fourth-order valence-corrected chi connectivity index (χ4v) is 2.70. The van der Waals surface area contributed by atoms with Gasteiger partial charge in [-0.05, 0) is 31.0 Å². The number of halogens is 1. The van der Waals surface area contributed by atoms with Crippen LogP contribution in [-0.2, 0) is 17.8 Å². The van der Waals surface area contributed by atoms with Gasteiger partial charge in [0.25, 0.3) is 5.91 Å². The van der Waals surface area contributed by atoms with E-state index in [0.29, 0.717) is 18.7 Å². The fraction of sp³-hybridized carbons (Fsp3) is 0.375. The summed E-state index contributed by atoms with van der Waals surface area (Å²) in [6.45, 7) is 3.90. The molecule has 0 radical (unpaired) electrons. The van der Waals surface area contributed by atoms with Gasteiger partial charge in [-0.2, -0.15) is 0 Å². The summed E-state index contributed by atoms with van der Waals surface area (Å²) in [6, 6.07) is 6.82. The second kappa shape index (κ2) is 8.05. The Morgan fingerprint density at radius 1 is 1.42 bits per heavy atom. The molecule has 128 valence electrons. The molecule has 7 nitrogen and oxygen atoms in total. The first-order valence-electron chi connectivity index (χ1n) is 7.62. The number of benzene rings is 1. The van der Waals surface area contributed by atoms with Crippen LogP contribution in [-0.4, -0.2) is 38.0 Å². The third-order valence-electron chi connectivity index (χ3n) is 3.48. The lowest BCUT2D eigenvalue weighted by Gasteiger charge is -2.10. The number of carbonyl (C=O) groups is 2. The molecule has 8 heteroatoms. The van der Waals surface area contributed by atoms with Crippen LogP contribution in [0.25, 0.3) is 0 Å². The maximum atomic E-state index is 12.3. The second-order valence-electron chi connectivity index (χ2n) is 5.46. The minimum atomic E-state index is -1.10. The minimum absolute atomic E-state index is 0.181. The topological polar surface area (TPSA) is 97.1 Å². The number of hydrogen-bond acceptors (Lipinski definition) is 4. The number of carboxylic acid groups (broad SMARTS) is 1. The highest BCUT2D eigenvalue weighted by Crippen LogP contribution is 2.15. The molecule has 0 fully saturated rings. The van der Waals surface area contributed by atoms with Crippen molar-refractivity contribution in [3.8, 4) is 0 Å². The number of amides is 1. The SMILES string of the molecule is CCCc1c(C(=O)N[C@@H](C)C(=O)O)nnn1Cc1cccc(Br)c1. The maximum Gasteiger partial charge on any atom is 0.325 e. The van der Waals surface area contributed by atoms with E-state index >= 15 is 0 Å². The van der Waals surface area contributed by atoms with Gasteiger partial charge in [-0.25, -0.2) is 4.68 Å². The molecule has 0 aliphatic carbocycles. The maximum absolute atomic E-state index is 12.3. The van der Waals surface area contributed by atoms with Crippen LogP contribution in [0.2, 0.25) is 0 Å². The highest BCUT2D eigenvalue weighted by molar-refractivity contribution is 9.10. The molecule has 1 aromatic heterocycles. The van der Waals surface area contributed by atoms with Crippen molar-refractivity contribution >= 4 is 27.8 Å². The van der Waals surface area contributed by atoms with E-state index in [4.69, 9.17) is 5.11 Å². The van der Waals surface area contributed by atoms with Gasteiger partial charge in [0.1, 0.15) is 6.04 Å². The molecular weight excluding hydrogens is 376 g/mol. The molecule has 0 saturated heterocycles. The van der Waals surface area contributed by atoms with Crippen molar-refractivity contribution < 1.29 is 14.7 Å². The van der Waals surface area contributed by atoms with Crippen LogP contribution < -0.4 is 5.32 Å². The van der Waals surface area contributed by atoms with E-state index in [0.717, 1.165) is 16.5 Å². The van der Waals surface area contributed by atoms with Gasteiger partial charge in [0.15, 0.2) is 5.69 Å². The van der Waals surface area contributed by atoms with E-state index in [1.54, 1.807) is 4.68 Å². The second-order valence-corrected chi connectivity index (χ2v) is 6.37. The van der Waals surface area contributed by atoms with Gasteiger partial charge < -0.3 is 10.4 Å². The molecule has 24 heavy (non-hydrogen) atoms. The summed E-state index contributed by atoms with van der Waals surface area (Å²) in [6.07, 6.45) is 1.45. The number of carbonyl (C=O) groups excluding carboxylic acids is 1. The monoisotopic (exact) mass is 394 g/mol. The molecule has 0 unspecified atom stereocenters. The molecule has 0 bridgehead atoms. The number of aromatic nitrogens is 3. The number of aliphatic carboxylic acids is 1. The molecule has 0 spiro atoms. The summed E-state index contributed by atoms with van der Waals surface area (Å²) in [5, 5.41) is 19.4. The Kier molecular flexibility index (Phi) is 6.08. The van der Waals surface area contributed by atoms with Crippen molar-refractivity contribution in [2.75, 3.05) is 0 Å². The van der Waals surface area contributed by atoms with Crippen molar-refractivity contribution in [2.45, 2.75) is 39.3 Å². The molecule has 1 amide bonds. The highest BCUT2D eigenvalue weighted by atomic mass is 79.9. The lowest BCUT2D eigenvalue weighted by molar-refractivity contribution is -0.138. The van der Waals surface area contributed by atoms with Gasteiger partial charge in [-0.1, -0.05) is 46.6 Å². The van der Waals surface area contributed by atoms with Crippen LogP contribution in [0.4, 0.5) is 0 Å². The Bertz CT molecular complexity index is 745. The number of carboxylic acids is 1. The Labute approximate surface area is 148 Å². The molecular formula is C16H19BrN4O3. The van der Waals surface area contributed by atoms with Crippen molar-refractivity contribution in [2.24, 2.45) is 0 Å². The standard InChI is InChI=1S/C16H19BrN4O3/c1-3-5-13-14(15(22)18-10(2)16(23)24)19-20-21(13)9-11-6-4-7-12(17)8-11/h4,6-8,10H,3,5,9H2,1-2H3,(H,18,22)(H,23,24)/t10-/m0/s1. The molecule has 1 atom stereocenters. The molecule has 1 heterocycles. The van der Waals surface area contributed by atoms with Gasteiger partial charge in [-0.3, -0.25) is 9.59 Å². The zero-order valence-electron chi connectivity index (χ0n) is 13.5. The molecule has 2 aromatic rings. The molecule has 0 saturated carbocycles. The first kappa shape index (κ1) is 18.1. The first-order chi connectivity index (χ1) is 11.4. The third-order valence-corrected chi connectivity index (χ3v) is 3.97. The highest BCUT2D eigenvalue weighted by Gasteiger charge is 2.22. The molecule has 0 aliphatic heterocycles. The average molecular weight is 395 g/mol. The Hall–Kier alpha value is -2.22. The third kappa shape index (κ3) is 4.41. The first-order valence-corrected chi connectivity index (χ1v) is 8.42. The number of nitrogens with one attached hydrogen (secondary N) is 1. The van der Waals surface area contributed by atoms with Gasteiger partial charge >= 0.3 is 5.97 Å². The quantitative estimate of drug-likeness (QED) is 0.750. The summed E-state index contributed by atoms with van der Waals surface area (Å²) < 4.78 is 2.65. The van der Waals surface area contributed by atoms with Crippen LogP contribution in [0.15, 0.2) is 28.7 Å². The van der Waals surface area contributed by atoms with Crippen molar-refractivity contribution in [1.82, 2.24) is 20.3 Å². The van der Waals surface area contributed by atoms with E-state index < -0.39 is 17.9 Å². The minimum Gasteiger partial charge on any atom is -0.480 e. The molecule has 2 N–H and O–H groups in total. The summed E-state index contributed by atoms with van der Waals surface area (Å²) >= 11 is 3.43. The predicted octanol–water partition coefficient (Wildman–Crippen LogP) is 2.24. The van der Waals surface area contributed by atoms with Gasteiger partial charge in [0, 0.05) is 4.47 Å². The number of hydrogen-bond donors (Lipinski definition) is 2.